The number of carbonyl (C=O) groups excluding carboxylic acids is 1. The maximum absolute atomic E-state index is 14.7. The molecule has 160 valence electrons. The van der Waals surface area contributed by atoms with Crippen LogP contribution in [0, 0.1) is 11.7 Å². The minimum absolute atomic E-state index is 0.0253. The lowest BCUT2D eigenvalue weighted by atomic mass is 9.84. The summed E-state index contributed by atoms with van der Waals surface area (Å²) in [5, 5.41) is 2.77. The second kappa shape index (κ2) is 7.28. The number of fused-ring (bicyclic) bond motifs is 1. The maximum Gasteiger partial charge on any atom is 0.283 e. The van der Waals surface area contributed by atoms with Gasteiger partial charge in [0.05, 0.1) is 11.6 Å². The highest BCUT2D eigenvalue weighted by Gasteiger charge is 2.64. The first-order chi connectivity index (χ1) is 14.2. The molecule has 1 fully saturated rings. The molecule has 0 bridgehead atoms. The van der Waals surface area contributed by atoms with Crippen LogP contribution >= 0.6 is 11.6 Å². The third-order valence-electron chi connectivity index (χ3n) is 5.51. The molecule has 0 radical (unpaired) electrons. The zero-order valence-corrected chi connectivity index (χ0v) is 16.5. The summed E-state index contributed by atoms with van der Waals surface area (Å²) < 4.78 is 53.6. The number of halogens is 4. The number of aliphatic imine (C=N–C) groups is 2. The number of carbonyl (C=O) groups is 1. The number of dihydropyridines is 1. The predicted octanol–water partition coefficient (Wildman–Crippen LogP) is 2.55. The molecule has 1 aliphatic carbocycles. The summed E-state index contributed by atoms with van der Waals surface area (Å²) >= 11 is 5.94. The van der Waals surface area contributed by atoms with E-state index >= 15 is 0 Å². The van der Waals surface area contributed by atoms with Gasteiger partial charge in [-0.2, -0.15) is 0 Å². The van der Waals surface area contributed by atoms with Crippen LogP contribution in [0.5, 0.6) is 0 Å². The van der Waals surface area contributed by atoms with Crippen LogP contribution in [-0.4, -0.2) is 49.9 Å². The molecule has 30 heavy (non-hydrogen) atoms. The molecule has 11 heteroatoms. The van der Waals surface area contributed by atoms with Crippen molar-refractivity contribution in [3.8, 4) is 0 Å². The van der Waals surface area contributed by atoms with E-state index in [2.05, 4.69) is 15.3 Å². The van der Waals surface area contributed by atoms with Crippen LogP contribution in [0.1, 0.15) is 12.0 Å². The number of allylic oxidation sites excluding steroid dienone is 1. The van der Waals surface area contributed by atoms with Gasteiger partial charge in [-0.1, -0.05) is 11.6 Å². The van der Waals surface area contributed by atoms with E-state index in [1.165, 1.54) is 25.5 Å². The molecule has 4 rings (SSSR count). The van der Waals surface area contributed by atoms with Gasteiger partial charge in [0.25, 0.3) is 18.4 Å². The van der Waals surface area contributed by atoms with E-state index in [1.54, 1.807) is 0 Å². The zero-order chi connectivity index (χ0) is 21.7. The van der Waals surface area contributed by atoms with Crippen molar-refractivity contribution in [1.82, 2.24) is 0 Å². The van der Waals surface area contributed by atoms with Crippen molar-refractivity contribution >= 4 is 35.4 Å². The Labute approximate surface area is 174 Å². The molecule has 2 aliphatic heterocycles. The first kappa shape index (κ1) is 20.7. The Bertz CT molecular complexity index is 986. The van der Waals surface area contributed by atoms with E-state index in [4.69, 9.17) is 26.8 Å². The molecular weight excluding hydrogens is 425 g/mol. The molecule has 1 saturated carbocycles. The summed E-state index contributed by atoms with van der Waals surface area (Å²) in [6.45, 7) is -0.0253. The third kappa shape index (κ3) is 3.24. The van der Waals surface area contributed by atoms with Crippen molar-refractivity contribution in [2.75, 3.05) is 19.0 Å². The van der Waals surface area contributed by atoms with Gasteiger partial charge in [-0.05, 0) is 30.7 Å². The number of hydrogen-bond donors (Lipinski definition) is 2. The lowest BCUT2D eigenvalue weighted by molar-refractivity contribution is -0.131. The zero-order valence-electron chi connectivity index (χ0n) is 15.7. The normalized spacial score (nSPS) is 32.1. The van der Waals surface area contributed by atoms with Crippen LogP contribution in [0.15, 0.2) is 39.3 Å². The number of rotatable bonds is 5. The largest absolute Gasteiger partial charge is 0.462 e. The van der Waals surface area contributed by atoms with Gasteiger partial charge in [0, 0.05) is 30.5 Å². The van der Waals surface area contributed by atoms with Gasteiger partial charge in [0.1, 0.15) is 11.9 Å². The summed E-state index contributed by atoms with van der Waals surface area (Å²) in [6, 6.07) is 2.97. The Hall–Kier alpha value is -2.59. The highest BCUT2D eigenvalue weighted by molar-refractivity contribution is 6.39. The molecular formula is C19H18ClF3N4O3. The molecule has 1 aromatic rings. The number of nitrogens with two attached hydrogens (primary N) is 1. The number of alkyl halides is 2. The molecule has 4 atom stereocenters. The van der Waals surface area contributed by atoms with E-state index in [0.29, 0.717) is 0 Å². The van der Waals surface area contributed by atoms with Crippen LogP contribution in [0.3, 0.4) is 0 Å². The fourth-order valence-electron chi connectivity index (χ4n) is 3.87. The molecule has 3 N–H and O–H groups in total. The Morgan fingerprint density at radius 1 is 1.47 bits per heavy atom. The summed E-state index contributed by atoms with van der Waals surface area (Å²) in [4.78, 5) is 20.7. The monoisotopic (exact) mass is 442 g/mol. The fraction of sp³-hybridized carbons (Fsp3) is 0.421. The first-order valence-electron chi connectivity index (χ1n) is 9.07. The fourth-order valence-corrected chi connectivity index (χ4v) is 4.12. The van der Waals surface area contributed by atoms with Gasteiger partial charge >= 0.3 is 0 Å². The second-order valence-corrected chi connectivity index (χ2v) is 7.75. The van der Waals surface area contributed by atoms with Gasteiger partial charge in [-0.3, -0.25) is 9.79 Å². The van der Waals surface area contributed by atoms with Crippen LogP contribution in [0.25, 0.3) is 0 Å². The molecule has 0 spiro atoms. The van der Waals surface area contributed by atoms with Gasteiger partial charge in [0.2, 0.25) is 0 Å². The van der Waals surface area contributed by atoms with Crippen molar-refractivity contribution in [2.24, 2.45) is 21.6 Å². The summed E-state index contributed by atoms with van der Waals surface area (Å²) in [6.07, 6.45) is -0.527. The highest BCUT2D eigenvalue weighted by atomic mass is 35.5. The molecule has 1 aromatic carbocycles. The number of amides is 1. The number of nitrogens with one attached hydrogen (secondary N) is 1. The van der Waals surface area contributed by atoms with E-state index < -0.39 is 47.3 Å². The minimum atomic E-state index is -3.03. The number of nitrogens with zero attached hydrogens (tertiary/aromatic N) is 2. The second-order valence-electron chi connectivity index (χ2n) is 7.32. The minimum Gasteiger partial charge on any atom is -0.462 e. The standard InChI is InChI=1S/C19H18ClF3N4O3/c1-29-18(6-9(20)7-25-8-18)16(28)26-10-2-3-13(21)11(4-10)19(15(22)23)12-5-14(12)30-17(24)27-19/h2-4,6-7,12,14-15H,5,8H2,1H3,(H2,24,27)(H,26,28)/t12-,14+,18?,19+/m0/s1. The topological polar surface area (TPSA) is 98.3 Å². The van der Waals surface area contributed by atoms with Gasteiger partial charge in [0.15, 0.2) is 11.1 Å². The smallest absolute Gasteiger partial charge is 0.283 e. The van der Waals surface area contributed by atoms with Gasteiger partial charge in [-0.15, -0.1) is 0 Å². The van der Waals surface area contributed by atoms with Crippen molar-refractivity contribution in [3.05, 3.63) is 40.7 Å². The average Bonchev–Trinajstić information content (AvgIpc) is 3.48. The van der Waals surface area contributed by atoms with Crippen LogP contribution < -0.4 is 11.1 Å². The number of anilines is 1. The Morgan fingerprint density at radius 3 is 2.90 bits per heavy atom. The van der Waals surface area contributed by atoms with Crippen LogP contribution in [-0.2, 0) is 19.8 Å². The molecule has 2 heterocycles. The lowest BCUT2D eigenvalue weighted by Gasteiger charge is -2.33. The highest BCUT2D eigenvalue weighted by Crippen LogP contribution is 2.56. The number of hydrogen-bond acceptors (Lipinski definition) is 6. The van der Waals surface area contributed by atoms with Gasteiger partial charge in [-0.25, -0.2) is 18.2 Å². The van der Waals surface area contributed by atoms with Crippen molar-refractivity contribution < 1.29 is 27.4 Å². The SMILES string of the molecule is COC1(C(=O)Nc2ccc(F)c([C@@]3(C(F)F)N=C(N)O[C@@H]4C[C@@H]43)c2)C=C(Cl)C=NC1. The Morgan fingerprint density at radius 2 is 2.23 bits per heavy atom. The van der Waals surface area contributed by atoms with Crippen molar-refractivity contribution in [1.29, 1.82) is 0 Å². The number of benzene rings is 1. The summed E-state index contributed by atoms with van der Waals surface area (Å²) in [7, 11) is 1.32. The average molecular weight is 443 g/mol. The van der Waals surface area contributed by atoms with E-state index in [9.17, 15) is 18.0 Å². The molecule has 0 aromatic heterocycles. The predicted molar refractivity (Wildman–Crippen MR) is 104 cm³/mol. The summed E-state index contributed by atoms with van der Waals surface area (Å²) in [5.74, 6) is -2.24. The molecule has 0 saturated heterocycles. The Kier molecular flexibility index (Phi) is 5.01. The molecule has 3 aliphatic rings. The molecule has 7 nitrogen and oxygen atoms in total. The van der Waals surface area contributed by atoms with Crippen LogP contribution in [0.2, 0.25) is 0 Å². The molecule has 1 unspecified atom stereocenters. The third-order valence-corrected chi connectivity index (χ3v) is 5.72. The van der Waals surface area contributed by atoms with Crippen LogP contribution in [0.4, 0.5) is 18.9 Å². The van der Waals surface area contributed by atoms with Crippen molar-refractivity contribution in [2.45, 2.75) is 30.1 Å². The van der Waals surface area contributed by atoms with Crippen molar-refractivity contribution in [3.63, 3.8) is 0 Å². The molecule has 1 amide bonds. The van der Waals surface area contributed by atoms with E-state index in [1.807, 2.05) is 0 Å². The number of ether oxygens (including phenoxy) is 2. The quantitative estimate of drug-likeness (QED) is 0.732. The number of amidine groups is 1. The first-order valence-corrected chi connectivity index (χ1v) is 9.44. The number of methoxy groups -OCH3 is 1. The summed E-state index contributed by atoms with van der Waals surface area (Å²) in [5.41, 5.74) is 1.63. The van der Waals surface area contributed by atoms with E-state index in [0.717, 1.165) is 12.1 Å². The van der Waals surface area contributed by atoms with Gasteiger partial charge < -0.3 is 20.5 Å². The lowest BCUT2D eigenvalue weighted by Crippen LogP contribution is -2.47. The Balaban J connectivity index is 1.70. The maximum atomic E-state index is 14.7. The van der Waals surface area contributed by atoms with E-state index in [-0.39, 0.29) is 29.2 Å².